The van der Waals surface area contributed by atoms with Crippen molar-refractivity contribution < 1.29 is 17.2 Å². The second-order valence-corrected chi connectivity index (χ2v) is 7.12. The van der Waals surface area contributed by atoms with Gasteiger partial charge in [-0.1, -0.05) is 12.1 Å². The standard InChI is InChI=1S/C17H15F2N3O2S/c1-20-10-12-9-15(13-5-4-8-21-17(13)19)22(11-12)25(23,24)16-7-3-2-6-14(16)18/h2-9,11,20H,10H2,1H3. The van der Waals surface area contributed by atoms with Crippen LogP contribution >= 0.6 is 0 Å². The molecule has 1 aromatic carbocycles. The van der Waals surface area contributed by atoms with Crippen molar-refractivity contribution >= 4 is 10.0 Å². The van der Waals surface area contributed by atoms with Gasteiger partial charge in [0.15, 0.2) is 0 Å². The predicted octanol–water partition coefficient (Wildman–Crippen LogP) is 2.78. The summed E-state index contributed by atoms with van der Waals surface area (Å²) in [5, 5.41) is 2.90. The Bertz CT molecular complexity index is 1020. The summed E-state index contributed by atoms with van der Waals surface area (Å²) in [6, 6.07) is 9.53. The molecule has 0 radical (unpaired) electrons. The Labute approximate surface area is 144 Å². The van der Waals surface area contributed by atoms with Crippen LogP contribution in [-0.4, -0.2) is 24.4 Å². The summed E-state index contributed by atoms with van der Waals surface area (Å²) in [6.07, 6.45) is 2.62. The minimum Gasteiger partial charge on any atom is -0.316 e. The van der Waals surface area contributed by atoms with E-state index in [-0.39, 0.29) is 11.3 Å². The third-order valence-electron chi connectivity index (χ3n) is 3.63. The second kappa shape index (κ2) is 6.73. The van der Waals surface area contributed by atoms with Crippen LogP contribution in [-0.2, 0) is 16.6 Å². The summed E-state index contributed by atoms with van der Waals surface area (Å²) in [7, 11) is -2.54. The lowest BCUT2D eigenvalue weighted by Gasteiger charge is -2.11. The van der Waals surface area contributed by atoms with Crippen molar-refractivity contribution in [1.29, 1.82) is 0 Å². The normalized spacial score (nSPS) is 11.6. The summed E-state index contributed by atoms with van der Waals surface area (Å²) in [6.45, 7) is 0.370. The van der Waals surface area contributed by atoms with Crippen LogP contribution in [0.4, 0.5) is 8.78 Å². The maximum atomic E-state index is 14.1. The topological polar surface area (TPSA) is 64.0 Å². The van der Waals surface area contributed by atoms with E-state index in [0.717, 1.165) is 10.0 Å². The van der Waals surface area contributed by atoms with E-state index in [1.807, 2.05) is 0 Å². The molecule has 0 amide bonds. The zero-order valence-electron chi connectivity index (χ0n) is 13.3. The molecule has 0 saturated carbocycles. The number of aromatic nitrogens is 2. The number of rotatable bonds is 5. The summed E-state index contributed by atoms with van der Waals surface area (Å²) in [5.74, 6) is -1.68. The second-order valence-electron chi connectivity index (χ2n) is 5.34. The molecule has 3 aromatic rings. The van der Waals surface area contributed by atoms with Gasteiger partial charge in [0.2, 0.25) is 5.95 Å². The molecule has 5 nitrogen and oxygen atoms in total. The molecule has 0 aliphatic rings. The van der Waals surface area contributed by atoms with Crippen molar-refractivity contribution in [2.45, 2.75) is 11.4 Å². The predicted molar refractivity (Wildman–Crippen MR) is 89.4 cm³/mol. The van der Waals surface area contributed by atoms with E-state index in [2.05, 4.69) is 10.3 Å². The summed E-state index contributed by atoms with van der Waals surface area (Å²) in [4.78, 5) is 3.08. The molecule has 0 aliphatic carbocycles. The third kappa shape index (κ3) is 3.18. The average Bonchev–Trinajstić information content (AvgIpc) is 3.00. The van der Waals surface area contributed by atoms with Crippen LogP contribution in [0.25, 0.3) is 11.3 Å². The lowest BCUT2D eigenvalue weighted by atomic mass is 10.2. The molecule has 8 heteroatoms. The van der Waals surface area contributed by atoms with E-state index < -0.39 is 26.7 Å². The highest BCUT2D eigenvalue weighted by Gasteiger charge is 2.25. The van der Waals surface area contributed by atoms with Crippen molar-refractivity contribution in [2.24, 2.45) is 0 Å². The highest BCUT2D eigenvalue weighted by atomic mass is 32.2. The molecule has 2 heterocycles. The van der Waals surface area contributed by atoms with E-state index in [1.165, 1.54) is 48.8 Å². The van der Waals surface area contributed by atoms with Gasteiger partial charge in [0, 0.05) is 18.9 Å². The average molecular weight is 363 g/mol. The summed E-state index contributed by atoms with van der Waals surface area (Å²) < 4.78 is 54.9. The molecule has 0 bridgehead atoms. The van der Waals surface area contributed by atoms with E-state index in [4.69, 9.17) is 0 Å². The zero-order valence-corrected chi connectivity index (χ0v) is 14.1. The lowest BCUT2D eigenvalue weighted by molar-refractivity contribution is 0.561. The minimum absolute atomic E-state index is 0.0183. The van der Waals surface area contributed by atoms with Crippen LogP contribution in [0, 0.1) is 11.8 Å². The number of halogens is 2. The summed E-state index contributed by atoms with van der Waals surface area (Å²) in [5.41, 5.74) is 0.713. The first-order chi connectivity index (χ1) is 11.9. The zero-order chi connectivity index (χ0) is 18.0. The van der Waals surface area contributed by atoms with E-state index in [9.17, 15) is 17.2 Å². The van der Waals surface area contributed by atoms with Gasteiger partial charge in [-0.25, -0.2) is 21.8 Å². The fraction of sp³-hybridized carbons (Fsp3) is 0.118. The maximum Gasteiger partial charge on any atom is 0.271 e. The maximum absolute atomic E-state index is 14.1. The highest BCUT2D eigenvalue weighted by Crippen LogP contribution is 2.29. The summed E-state index contributed by atoms with van der Waals surface area (Å²) >= 11 is 0. The SMILES string of the molecule is CNCc1cc(-c2cccnc2F)n(S(=O)(=O)c2ccccc2F)c1. The molecule has 0 unspecified atom stereocenters. The van der Waals surface area contributed by atoms with Gasteiger partial charge in [0.1, 0.15) is 10.7 Å². The molecule has 1 N–H and O–H groups in total. The Hall–Kier alpha value is -2.58. The van der Waals surface area contributed by atoms with E-state index in [0.29, 0.717) is 12.1 Å². The van der Waals surface area contributed by atoms with Crippen molar-refractivity contribution in [3.63, 3.8) is 0 Å². The van der Waals surface area contributed by atoms with Crippen molar-refractivity contribution in [3.8, 4) is 11.3 Å². The number of hydrogen-bond acceptors (Lipinski definition) is 4. The van der Waals surface area contributed by atoms with Crippen LogP contribution in [0.1, 0.15) is 5.56 Å². The van der Waals surface area contributed by atoms with Crippen LogP contribution in [0.3, 0.4) is 0 Å². The van der Waals surface area contributed by atoms with Gasteiger partial charge in [0.25, 0.3) is 10.0 Å². The first-order valence-corrected chi connectivity index (χ1v) is 8.86. The third-order valence-corrected chi connectivity index (χ3v) is 5.34. The Morgan fingerprint density at radius 3 is 2.60 bits per heavy atom. The Morgan fingerprint density at radius 1 is 1.16 bits per heavy atom. The highest BCUT2D eigenvalue weighted by molar-refractivity contribution is 7.90. The van der Waals surface area contributed by atoms with Crippen LogP contribution in [0.2, 0.25) is 0 Å². The van der Waals surface area contributed by atoms with Gasteiger partial charge in [-0.2, -0.15) is 4.39 Å². The monoisotopic (exact) mass is 363 g/mol. The number of benzene rings is 1. The number of hydrogen-bond donors (Lipinski definition) is 1. The van der Waals surface area contributed by atoms with Gasteiger partial charge in [0.05, 0.1) is 11.3 Å². The van der Waals surface area contributed by atoms with Crippen molar-refractivity contribution in [1.82, 2.24) is 14.3 Å². The molecule has 25 heavy (non-hydrogen) atoms. The molecular formula is C17H15F2N3O2S. The Kier molecular flexibility index (Phi) is 4.65. The quantitative estimate of drug-likeness (QED) is 0.708. The first kappa shape index (κ1) is 17.2. The molecule has 3 rings (SSSR count). The first-order valence-electron chi connectivity index (χ1n) is 7.42. The van der Waals surface area contributed by atoms with E-state index >= 15 is 0 Å². The largest absolute Gasteiger partial charge is 0.316 e. The fourth-order valence-electron chi connectivity index (χ4n) is 2.53. The molecular weight excluding hydrogens is 348 g/mol. The molecule has 0 fully saturated rings. The van der Waals surface area contributed by atoms with Gasteiger partial charge >= 0.3 is 0 Å². The van der Waals surface area contributed by atoms with Crippen LogP contribution in [0.15, 0.2) is 59.8 Å². The van der Waals surface area contributed by atoms with Crippen molar-refractivity contribution in [3.05, 3.63) is 72.2 Å². The molecule has 0 spiro atoms. The molecule has 130 valence electrons. The molecule has 0 atom stereocenters. The fourth-order valence-corrected chi connectivity index (χ4v) is 3.99. The Morgan fingerprint density at radius 2 is 1.92 bits per heavy atom. The molecule has 0 aliphatic heterocycles. The number of nitrogens with one attached hydrogen (secondary N) is 1. The number of pyridine rings is 1. The van der Waals surface area contributed by atoms with Gasteiger partial charge in [-0.15, -0.1) is 0 Å². The van der Waals surface area contributed by atoms with Gasteiger partial charge in [-0.05, 0) is 42.9 Å². The van der Waals surface area contributed by atoms with Crippen LogP contribution < -0.4 is 5.32 Å². The van der Waals surface area contributed by atoms with Gasteiger partial charge < -0.3 is 5.32 Å². The molecule has 2 aromatic heterocycles. The smallest absolute Gasteiger partial charge is 0.271 e. The van der Waals surface area contributed by atoms with Crippen molar-refractivity contribution in [2.75, 3.05) is 7.05 Å². The van der Waals surface area contributed by atoms with E-state index in [1.54, 1.807) is 7.05 Å². The number of nitrogens with zero attached hydrogens (tertiary/aromatic N) is 2. The van der Waals surface area contributed by atoms with Crippen LogP contribution in [0.5, 0.6) is 0 Å². The van der Waals surface area contributed by atoms with Gasteiger partial charge in [-0.3, -0.25) is 0 Å². The Balaban J connectivity index is 2.25. The lowest BCUT2D eigenvalue weighted by Crippen LogP contribution is -2.15. The molecule has 0 saturated heterocycles. The minimum atomic E-state index is -4.24.